The summed E-state index contributed by atoms with van der Waals surface area (Å²) in [5, 5.41) is 23.3. The monoisotopic (exact) mass is 681 g/mol. The number of thiophene rings is 1. The van der Waals surface area contributed by atoms with E-state index in [0.29, 0.717) is 5.92 Å². The van der Waals surface area contributed by atoms with Gasteiger partial charge in [0, 0.05) is 37.9 Å². The van der Waals surface area contributed by atoms with Gasteiger partial charge in [0.25, 0.3) is 0 Å². The Kier molecular flexibility index (Phi) is 8.06. The molecule has 4 saturated carbocycles. The van der Waals surface area contributed by atoms with Crippen LogP contribution in [0.2, 0.25) is 0 Å². The maximum Gasteiger partial charge on any atom is 0.0652 e. The minimum atomic E-state index is -0.225. The molecule has 0 saturated heterocycles. The molecule has 0 bridgehead atoms. The normalized spacial score (nSPS) is 29.9. The number of fused-ring (bicyclic) bond motifs is 2. The van der Waals surface area contributed by atoms with Gasteiger partial charge in [0.05, 0.1) is 12.2 Å². The Hall–Kier alpha value is -1.10. The van der Waals surface area contributed by atoms with Gasteiger partial charge in [-0.1, -0.05) is 56.4 Å². The van der Waals surface area contributed by atoms with Crippen LogP contribution in [0.25, 0.3) is 20.7 Å². The molecular formula is C31H38IrNO2S-. The van der Waals surface area contributed by atoms with Crippen LogP contribution in [0.3, 0.4) is 0 Å². The van der Waals surface area contributed by atoms with Crippen LogP contribution in [0.5, 0.6) is 0 Å². The van der Waals surface area contributed by atoms with E-state index < -0.39 is 0 Å². The first-order valence-corrected chi connectivity index (χ1v) is 14.6. The molecule has 4 aliphatic rings. The molecule has 2 aromatic heterocycles. The third kappa shape index (κ3) is 4.76. The van der Waals surface area contributed by atoms with E-state index >= 15 is 0 Å². The van der Waals surface area contributed by atoms with Gasteiger partial charge in [0.15, 0.2) is 0 Å². The van der Waals surface area contributed by atoms with Gasteiger partial charge in [-0.2, -0.15) is 0 Å². The number of aromatic nitrogens is 1. The van der Waals surface area contributed by atoms with Gasteiger partial charge in [0.1, 0.15) is 0 Å². The summed E-state index contributed by atoms with van der Waals surface area (Å²) in [4.78, 5) is 5.43. The number of rotatable bonds is 1. The first kappa shape index (κ1) is 26.5. The van der Waals surface area contributed by atoms with Crippen LogP contribution in [0, 0.1) is 28.7 Å². The van der Waals surface area contributed by atoms with Crippen molar-refractivity contribution in [3.8, 4) is 10.6 Å². The second-order valence-electron chi connectivity index (χ2n) is 11.7. The maximum atomic E-state index is 11.1. The number of benzene rings is 1. The van der Waals surface area contributed by atoms with Gasteiger partial charge >= 0.3 is 0 Å². The fraction of sp³-hybridized carbons (Fsp3) is 0.581. The van der Waals surface area contributed by atoms with Gasteiger partial charge in [-0.3, -0.25) is 0 Å². The Morgan fingerprint density at radius 2 is 1.47 bits per heavy atom. The molecule has 4 fully saturated rings. The zero-order valence-corrected chi connectivity index (χ0v) is 24.2. The molecule has 1 aromatic carbocycles. The summed E-state index contributed by atoms with van der Waals surface area (Å²) in [6.45, 7) is 0. The number of nitrogens with zero attached hydrogens (tertiary/aromatic N) is 1. The van der Waals surface area contributed by atoms with Gasteiger partial charge < -0.3 is 15.2 Å². The van der Waals surface area contributed by atoms with Crippen LogP contribution in [-0.2, 0) is 20.1 Å². The van der Waals surface area contributed by atoms with E-state index in [9.17, 15) is 10.2 Å². The number of aliphatic hydroxyl groups excluding tert-OH is 2. The fourth-order valence-corrected chi connectivity index (χ4v) is 9.09. The molecular weight excluding hydrogens is 643 g/mol. The van der Waals surface area contributed by atoms with Gasteiger partial charge in [-0.05, 0) is 77.3 Å². The predicted molar refractivity (Wildman–Crippen MR) is 143 cm³/mol. The van der Waals surface area contributed by atoms with E-state index in [1.165, 1.54) is 87.1 Å². The second kappa shape index (κ2) is 10.9. The molecule has 1 radical (unpaired) electrons. The van der Waals surface area contributed by atoms with Gasteiger partial charge in [0.2, 0.25) is 0 Å². The summed E-state index contributed by atoms with van der Waals surface area (Å²) in [6.07, 6.45) is 16.4. The van der Waals surface area contributed by atoms with Crippen molar-refractivity contribution in [2.75, 3.05) is 0 Å². The van der Waals surface area contributed by atoms with Crippen LogP contribution in [0.15, 0.2) is 48.7 Å². The van der Waals surface area contributed by atoms with E-state index in [-0.39, 0.29) is 49.1 Å². The van der Waals surface area contributed by atoms with Crippen molar-refractivity contribution in [1.29, 1.82) is 0 Å². The molecule has 2 heterocycles. The molecule has 0 aliphatic heterocycles. The Morgan fingerprint density at radius 3 is 2.19 bits per heavy atom. The van der Waals surface area contributed by atoms with E-state index in [2.05, 4.69) is 29.2 Å². The van der Waals surface area contributed by atoms with E-state index in [4.69, 9.17) is 0 Å². The second-order valence-corrected chi connectivity index (χ2v) is 12.8. The van der Waals surface area contributed by atoms with Crippen molar-refractivity contribution in [2.24, 2.45) is 22.7 Å². The Labute approximate surface area is 233 Å². The molecule has 7 rings (SSSR count). The quantitative estimate of drug-likeness (QED) is 0.264. The molecule has 195 valence electrons. The van der Waals surface area contributed by atoms with Crippen molar-refractivity contribution < 1.29 is 30.3 Å². The maximum absolute atomic E-state index is 11.1. The van der Waals surface area contributed by atoms with Crippen LogP contribution >= 0.6 is 11.3 Å². The standard InChI is InChI=1S/C18H30O2.C13H8NS.Ir/c19-15-14-13(6-11-17(15)7-2-1-3-8-17)12-18(16(14)20)9-4-5-10-18;1-2-7-12-10(5-1)9-13(15-12)11-6-3-4-8-14-11;/h13-16,19-20H,1-12H2;1-8H;/q;-1;. The molecule has 4 aliphatic carbocycles. The van der Waals surface area contributed by atoms with E-state index in [0.717, 1.165) is 10.6 Å². The molecule has 2 N–H and O–H groups in total. The average Bonchev–Trinajstić information content (AvgIpc) is 3.62. The fourth-order valence-electron chi connectivity index (χ4n) is 8.11. The van der Waals surface area contributed by atoms with Crippen LogP contribution < -0.4 is 0 Å². The summed E-state index contributed by atoms with van der Waals surface area (Å²) < 4.78 is 1.26. The van der Waals surface area contributed by atoms with Gasteiger partial charge in [-0.25, -0.2) is 11.3 Å². The molecule has 2 spiro atoms. The third-order valence-electron chi connectivity index (χ3n) is 9.90. The zero-order chi connectivity index (χ0) is 23.9. The van der Waals surface area contributed by atoms with Crippen molar-refractivity contribution in [2.45, 2.75) is 89.3 Å². The summed E-state index contributed by atoms with van der Waals surface area (Å²) in [7, 11) is 0. The Balaban J connectivity index is 0.000000150. The van der Waals surface area contributed by atoms with Crippen molar-refractivity contribution >= 4 is 21.4 Å². The van der Waals surface area contributed by atoms with Crippen molar-refractivity contribution in [3.63, 3.8) is 0 Å². The molecule has 0 amide bonds. The van der Waals surface area contributed by atoms with Crippen LogP contribution in [-0.4, -0.2) is 27.4 Å². The molecule has 3 nitrogen and oxygen atoms in total. The Morgan fingerprint density at radius 1 is 0.806 bits per heavy atom. The molecule has 4 atom stereocenters. The predicted octanol–water partition coefficient (Wildman–Crippen LogP) is 7.41. The largest absolute Gasteiger partial charge is 0.392 e. The van der Waals surface area contributed by atoms with E-state index in [1.807, 2.05) is 30.5 Å². The number of aliphatic hydroxyl groups is 2. The molecule has 5 heteroatoms. The first-order chi connectivity index (χ1) is 17.1. The summed E-state index contributed by atoms with van der Waals surface area (Å²) in [6, 6.07) is 17.6. The Bertz CT molecular complexity index is 1100. The first-order valence-electron chi connectivity index (χ1n) is 13.8. The van der Waals surface area contributed by atoms with Crippen molar-refractivity contribution in [1.82, 2.24) is 4.98 Å². The zero-order valence-electron chi connectivity index (χ0n) is 21.0. The third-order valence-corrected chi connectivity index (χ3v) is 11.0. The molecule has 4 unspecified atom stereocenters. The number of hydrogen-bond donors (Lipinski definition) is 2. The average molecular weight is 681 g/mol. The minimum absolute atomic E-state index is 0. The SMILES string of the molecule is OC1C2C(CCC13CCCCC3)CC1(CCCC1)C2O.[Ir].[c-]1c(-c2ccccn2)sc2ccccc12. The van der Waals surface area contributed by atoms with Crippen LogP contribution in [0.1, 0.15) is 77.0 Å². The summed E-state index contributed by atoms with van der Waals surface area (Å²) >= 11 is 1.73. The van der Waals surface area contributed by atoms with E-state index in [1.54, 1.807) is 11.3 Å². The molecule has 36 heavy (non-hydrogen) atoms. The van der Waals surface area contributed by atoms with Crippen LogP contribution in [0.4, 0.5) is 0 Å². The minimum Gasteiger partial charge on any atom is -0.392 e. The number of hydrogen-bond acceptors (Lipinski definition) is 4. The van der Waals surface area contributed by atoms with Gasteiger partial charge in [-0.15, -0.1) is 23.6 Å². The number of pyridine rings is 1. The summed E-state index contributed by atoms with van der Waals surface area (Å²) in [5.41, 5.74) is 1.36. The molecule has 3 aromatic rings. The van der Waals surface area contributed by atoms with Crippen molar-refractivity contribution in [3.05, 3.63) is 54.7 Å². The topological polar surface area (TPSA) is 53.4 Å². The smallest absolute Gasteiger partial charge is 0.0652 e. The summed E-state index contributed by atoms with van der Waals surface area (Å²) in [5.74, 6) is 0.797.